The molecule has 0 saturated carbocycles. The van der Waals surface area contributed by atoms with E-state index in [1.54, 1.807) is 17.7 Å². The van der Waals surface area contributed by atoms with Crippen LogP contribution in [0.15, 0.2) is 59.2 Å². The third-order valence-corrected chi connectivity index (χ3v) is 4.90. The van der Waals surface area contributed by atoms with Gasteiger partial charge in [-0.2, -0.15) is 0 Å². The topological polar surface area (TPSA) is 76.4 Å². The summed E-state index contributed by atoms with van der Waals surface area (Å²) in [6, 6.07) is 14.0. The van der Waals surface area contributed by atoms with E-state index in [9.17, 15) is 0 Å². The first-order valence-corrected chi connectivity index (χ1v) is 10.3. The Kier molecular flexibility index (Phi) is 10.5. The van der Waals surface area contributed by atoms with Crippen LogP contribution in [0, 0.1) is 0 Å². The zero-order valence-electron chi connectivity index (χ0n) is 16.5. The maximum absolute atomic E-state index is 5.74. The van der Waals surface area contributed by atoms with E-state index in [1.807, 2.05) is 36.4 Å². The number of nitrogens with one attached hydrogen (secondary N) is 2. The number of benzene rings is 1. The van der Waals surface area contributed by atoms with Crippen LogP contribution in [0.4, 0.5) is 0 Å². The molecule has 29 heavy (non-hydrogen) atoms. The molecule has 0 atom stereocenters. The maximum Gasteiger partial charge on any atom is 0.191 e. The third kappa shape index (κ3) is 8.01. The molecule has 2 heterocycles. The van der Waals surface area contributed by atoms with Crippen molar-refractivity contribution in [2.24, 2.45) is 4.99 Å². The van der Waals surface area contributed by atoms with Crippen LogP contribution in [0.5, 0.6) is 5.75 Å². The molecule has 2 aromatic heterocycles. The van der Waals surface area contributed by atoms with E-state index in [1.165, 1.54) is 4.88 Å². The number of guanidine groups is 1. The van der Waals surface area contributed by atoms with Crippen molar-refractivity contribution in [3.8, 4) is 5.75 Å². The van der Waals surface area contributed by atoms with E-state index < -0.39 is 0 Å². The van der Waals surface area contributed by atoms with E-state index >= 15 is 0 Å². The zero-order chi connectivity index (χ0) is 19.4. The first-order chi connectivity index (χ1) is 13.8. The minimum absolute atomic E-state index is 0. The number of aromatic nitrogens is 3. The van der Waals surface area contributed by atoms with Crippen LogP contribution in [-0.2, 0) is 19.5 Å². The maximum atomic E-state index is 5.74. The number of rotatable bonds is 10. The van der Waals surface area contributed by atoms with Gasteiger partial charge in [-0.05, 0) is 23.6 Å². The van der Waals surface area contributed by atoms with Crippen molar-refractivity contribution in [2.45, 2.75) is 26.4 Å². The predicted octanol–water partition coefficient (Wildman–Crippen LogP) is 3.33. The summed E-state index contributed by atoms with van der Waals surface area (Å²) >= 11 is 1.71. The van der Waals surface area contributed by atoms with Crippen LogP contribution >= 0.6 is 35.3 Å². The molecular weight excluding hydrogens is 499 g/mol. The minimum atomic E-state index is 0. The van der Waals surface area contributed by atoms with Crippen molar-refractivity contribution in [1.29, 1.82) is 0 Å². The number of halogens is 1. The van der Waals surface area contributed by atoms with Gasteiger partial charge in [-0.25, -0.2) is 4.99 Å². The fourth-order valence-corrected chi connectivity index (χ4v) is 3.25. The van der Waals surface area contributed by atoms with Gasteiger partial charge in [-0.1, -0.05) is 31.2 Å². The van der Waals surface area contributed by atoms with Gasteiger partial charge >= 0.3 is 0 Å². The summed E-state index contributed by atoms with van der Waals surface area (Å²) in [5, 5.41) is 16.9. The third-order valence-electron chi connectivity index (χ3n) is 4.04. The van der Waals surface area contributed by atoms with Crippen LogP contribution in [0.25, 0.3) is 0 Å². The van der Waals surface area contributed by atoms with Gasteiger partial charge in [-0.3, -0.25) is 0 Å². The molecule has 1 aromatic carbocycles. The monoisotopic (exact) mass is 526 g/mol. The molecule has 7 nitrogen and oxygen atoms in total. The molecule has 9 heteroatoms. The van der Waals surface area contributed by atoms with Crippen LogP contribution in [0.3, 0.4) is 0 Å². The van der Waals surface area contributed by atoms with Crippen LogP contribution in [0.2, 0.25) is 0 Å². The van der Waals surface area contributed by atoms with Crippen LogP contribution in [0.1, 0.15) is 17.6 Å². The normalized spacial score (nSPS) is 11.0. The summed E-state index contributed by atoms with van der Waals surface area (Å²) in [7, 11) is 0. The Morgan fingerprint density at radius 2 is 1.97 bits per heavy atom. The Morgan fingerprint density at radius 1 is 1.14 bits per heavy atom. The van der Waals surface area contributed by atoms with Gasteiger partial charge in [-0.15, -0.1) is 45.5 Å². The second-order valence-electron chi connectivity index (χ2n) is 6.05. The van der Waals surface area contributed by atoms with E-state index in [-0.39, 0.29) is 24.0 Å². The number of nitrogens with zero attached hydrogens (tertiary/aromatic N) is 4. The average molecular weight is 526 g/mol. The van der Waals surface area contributed by atoms with Crippen LogP contribution < -0.4 is 15.4 Å². The van der Waals surface area contributed by atoms with Gasteiger partial charge in [0.2, 0.25) is 0 Å². The Balaban J connectivity index is 0.00000300. The average Bonchev–Trinajstić information content (AvgIpc) is 3.41. The van der Waals surface area contributed by atoms with Crippen LogP contribution in [-0.4, -0.2) is 40.4 Å². The number of ether oxygens (including phenoxy) is 1. The van der Waals surface area contributed by atoms with E-state index in [4.69, 9.17) is 4.74 Å². The molecule has 0 saturated heterocycles. The zero-order valence-corrected chi connectivity index (χ0v) is 19.6. The van der Waals surface area contributed by atoms with E-state index in [2.05, 4.69) is 48.8 Å². The first kappa shape index (κ1) is 23.1. The fourth-order valence-electron chi connectivity index (χ4n) is 2.62. The molecule has 0 amide bonds. The molecule has 156 valence electrons. The highest BCUT2D eigenvalue weighted by Crippen LogP contribution is 2.09. The van der Waals surface area contributed by atoms with Gasteiger partial charge in [0.25, 0.3) is 0 Å². The van der Waals surface area contributed by atoms with Crippen molar-refractivity contribution in [2.75, 3.05) is 19.7 Å². The highest BCUT2D eigenvalue weighted by atomic mass is 127. The molecule has 3 aromatic rings. The van der Waals surface area contributed by atoms with E-state index in [0.29, 0.717) is 19.7 Å². The summed E-state index contributed by atoms with van der Waals surface area (Å²) in [4.78, 5) is 5.91. The molecule has 0 radical (unpaired) electrons. The van der Waals surface area contributed by atoms with Crippen molar-refractivity contribution >= 4 is 41.3 Å². The lowest BCUT2D eigenvalue weighted by Gasteiger charge is -2.14. The molecule has 0 aliphatic rings. The Labute approximate surface area is 192 Å². The van der Waals surface area contributed by atoms with Crippen molar-refractivity contribution in [1.82, 2.24) is 25.4 Å². The highest BCUT2D eigenvalue weighted by Gasteiger charge is 2.03. The summed E-state index contributed by atoms with van der Waals surface area (Å²) in [6.45, 7) is 5.49. The quantitative estimate of drug-likeness (QED) is 0.184. The summed E-state index contributed by atoms with van der Waals surface area (Å²) < 4.78 is 7.79. The second-order valence-corrected chi connectivity index (χ2v) is 7.09. The van der Waals surface area contributed by atoms with Crippen molar-refractivity contribution in [3.05, 3.63) is 64.9 Å². The molecule has 0 bridgehead atoms. The molecular formula is C20H27IN6OS. The van der Waals surface area contributed by atoms with Crippen molar-refractivity contribution < 1.29 is 4.74 Å². The van der Waals surface area contributed by atoms with Gasteiger partial charge in [0.15, 0.2) is 5.96 Å². The Hall–Kier alpha value is -2.14. The minimum Gasteiger partial charge on any atom is -0.492 e. The van der Waals surface area contributed by atoms with Gasteiger partial charge in [0.1, 0.15) is 24.5 Å². The number of thiophene rings is 1. The van der Waals surface area contributed by atoms with Crippen molar-refractivity contribution in [3.63, 3.8) is 0 Å². The molecule has 0 aliphatic heterocycles. The molecule has 2 N–H and O–H groups in total. The van der Waals surface area contributed by atoms with Gasteiger partial charge in [0, 0.05) is 24.4 Å². The fraction of sp³-hybridized carbons (Fsp3) is 0.350. The highest BCUT2D eigenvalue weighted by molar-refractivity contribution is 14.0. The van der Waals surface area contributed by atoms with E-state index in [0.717, 1.165) is 37.0 Å². The number of aliphatic imine (C=N–C) groups is 1. The number of hydrogen-bond donors (Lipinski definition) is 2. The summed E-state index contributed by atoms with van der Waals surface area (Å²) in [5.74, 6) is 2.63. The molecule has 0 spiro atoms. The Bertz CT molecular complexity index is 838. The molecule has 0 unspecified atom stereocenters. The molecule has 0 aliphatic carbocycles. The van der Waals surface area contributed by atoms with Gasteiger partial charge in [0.05, 0.1) is 13.1 Å². The van der Waals surface area contributed by atoms with Gasteiger partial charge < -0.3 is 19.9 Å². The summed E-state index contributed by atoms with van der Waals surface area (Å²) in [5.41, 5.74) is 0. The Morgan fingerprint density at radius 3 is 2.72 bits per heavy atom. The summed E-state index contributed by atoms with van der Waals surface area (Å²) in [6.07, 6.45) is 2.64. The molecule has 0 fully saturated rings. The lowest BCUT2D eigenvalue weighted by Crippen LogP contribution is -2.40. The standard InChI is InChI=1S/C20H26N6OS.HI/c1-2-19-25-24-16-26(19)12-10-21-20(23-15-18-9-6-14-28-18)22-11-13-27-17-7-4-3-5-8-17;/h3-9,14,16H,2,10-13,15H2,1H3,(H2,21,22,23);1H. The smallest absolute Gasteiger partial charge is 0.191 e. The number of hydrogen-bond acceptors (Lipinski definition) is 5. The lowest BCUT2D eigenvalue weighted by molar-refractivity contribution is 0.322. The lowest BCUT2D eigenvalue weighted by atomic mass is 10.3. The second kappa shape index (κ2) is 13.2. The largest absolute Gasteiger partial charge is 0.492 e. The number of aryl methyl sites for hydroxylation is 1. The number of para-hydroxylation sites is 1. The first-order valence-electron chi connectivity index (χ1n) is 9.44. The predicted molar refractivity (Wildman–Crippen MR) is 128 cm³/mol. The molecule has 3 rings (SSSR count). The SMILES string of the molecule is CCc1nncn1CCNC(=NCc1cccs1)NCCOc1ccccc1.I.